The first-order chi connectivity index (χ1) is 14.2. The standard InChI is InChI=1S/C20H24N4O4S/c25-18(22-20-23-21-13-29-20)15-3-1-9-24(11-15)19(26)14-5-7-16(8-6-14)28-12-17-4-2-10-27-17/h5-8,13,15,17H,1-4,9-12H2,(H,22,23,25)/t15-,17+/m0/s1. The first kappa shape index (κ1) is 19.8. The van der Waals surface area contributed by atoms with Crippen molar-refractivity contribution in [2.24, 2.45) is 5.92 Å². The van der Waals surface area contributed by atoms with E-state index in [9.17, 15) is 9.59 Å². The van der Waals surface area contributed by atoms with Gasteiger partial charge in [-0.25, -0.2) is 0 Å². The summed E-state index contributed by atoms with van der Waals surface area (Å²) in [6, 6.07) is 7.17. The molecule has 1 N–H and O–H groups in total. The highest BCUT2D eigenvalue weighted by Gasteiger charge is 2.29. The van der Waals surface area contributed by atoms with Gasteiger partial charge in [-0.2, -0.15) is 0 Å². The minimum atomic E-state index is -0.245. The molecule has 2 atom stereocenters. The molecule has 2 amide bonds. The molecular weight excluding hydrogens is 392 g/mol. The zero-order chi connectivity index (χ0) is 20.1. The number of likely N-dealkylation sites (tertiary alicyclic amines) is 1. The maximum absolute atomic E-state index is 12.9. The van der Waals surface area contributed by atoms with Gasteiger partial charge in [-0.1, -0.05) is 11.3 Å². The molecule has 1 aromatic carbocycles. The largest absolute Gasteiger partial charge is 0.491 e. The lowest BCUT2D eigenvalue weighted by Gasteiger charge is -2.32. The monoisotopic (exact) mass is 416 g/mol. The van der Waals surface area contributed by atoms with Crippen molar-refractivity contribution in [3.63, 3.8) is 0 Å². The van der Waals surface area contributed by atoms with E-state index in [0.717, 1.165) is 38.0 Å². The van der Waals surface area contributed by atoms with E-state index >= 15 is 0 Å². The van der Waals surface area contributed by atoms with Gasteiger partial charge in [0, 0.05) is 25.3 Å². The fourth-order valence-electron chi connectivity index (χ4n) is 3.65. The van der Waals surface area contributed by atoms with E-state index in [1.54, 1.807) is 22.5 Å². The summed E-state index contributed by atoms with van der Waals surface area (Å²) in [4.78, 5) is 27.1. The molecule has 0 bridgehead atoms. The van der Waals surface area contributed by atoms with Crippen molar-refractivity contribution >= 4 is 28.3 Å². The average molecular weight is 417 g/mol. The van der Waals surface area contributed by atoms with Crippen molar-refractivity contribution in [3.05, 3.63) is 35.3 Å². The number of benzene rings is 1. The van der Waals surface area contributed by atoms with Crippen LogP contribution in [0.25, 0.3) is 0 Å². The molecule has 154 valence electrons. The maximum Gasteiger partial charge on any atom is 0.253 e. The predicted octanol–water partition coefficient (Wildman–Crippen LogP) is 2.59. The number of ether oxygens (including phenoxy) is 2. The second-order valence-electron chi connectivity index (χ2n) is 7.29. The van der Waals surface area contributed by atoms with Crippen LogP contribution in [0.5, 0.6) is 5.75 Å². The minimum absolute atomic E-state index is 0.0657. The fraction of sp³-hybridized carbons (Fsp3) is 0.500. The van der Waals surface area contributed by atoms with Crippen molar-refractivity contribution in [1.82, 2.24) is 15.1 Å². The molecule has 0 saturated carbocycles. The molecule has 0 unspecified atom stereocenters. The molecule has 9 heteroatoms. The number of rotatable bonds is 6. The Kier molecular flexibility index (Phi) is 6.36. The van der Waals surface area contributed by atoms with Gasteiger partial charge in [-0.05, 0) is 49.9 Å². The number of piperidine rings is 1. The van der Waals surface area contributed by atoms with Crippen LogP contribution in [0.3, 0.4) is 0 Å². The fourth-order valence-corrected chi connectivity index (χ4v) is 4.10. The lowest BCUT2D eigenvalue weighted by atomic mass is 9.96. The Morgan fingerprint density at radius 2 is 2.10 bits per heavy atom. The van der Waals surface area contributed by atoms with Gasteiger partial charge in [0.1, 0.15) is 17.9 Å². The maximum atomic E-state index is 12.9. The van der Waals surface area contributed by atoms with Crippen LogP contribution in [-0.2, 0) is 9.53 Å². The molecule has 2 fully saturated rings. The summed E-state index contributed by atoms with van der Waals surface area (Å²) in [6.45, 7) is 2.39. The number of carbonyl (C=O) groups is 2. The highest BCUT2D eigenvalue weighted by molar-refractivity contribution is 7.13. The number of amides is 2. The van der Waals surface area contributed by atoms with Gasteiger partial charge in [0.25, 0.3) is 5.91 Å². The van der Waals surface area contributed by atoms with Crippen LogP contribution in [0.2, 0.25) is 0 Å². The number of nitrogens with zero attached hydrogens (tertiary/aromatic N) is 3. The Hall–Kier alpha value is -2.52. The summed E-state index contributed by atoms with van der Waals surface area (Å²) in [5.74, 6) is 0.303. The molecule has 3 heterocycles. The van der Waals surface area contributed by atoms with Crippen molar-refractivity contribution in [2.75, 3.05) is 31.6 Å². The molecular formula is C20H24N4O4S. The van der Waals surface area contributed by atoms with E-state index < -0.39 is 0 Å². The molecule has 4 rings (SSSR count). The molecule has 0 aliphatic carbocycles. The molecule has 1 aromatic heterocycles. The van der Waals surface area contributed by atoms with Gasteiger partial charge in [-0.3, -0.25) is 9.59 Å². The zero-order valence-electron chi connectivity index (χ0n) is 16.1. The van der Waals surface area contributed by atoms with Gasteiger partial charge in [0.05, 0.1) is 12.0 Å². The number of anilines is 1. The average Bonchev–Trinajstić information content (AvgIpc) is 3.46. The Morgan fingerprint density at radius 3 is 2.83 bits per heavy atom. The van der Waals surface area contributed by atoms with Crippen molar-refractivity contribution < 1.29 is 19.1 Å². The van der Waals surface area contributed by atoms with E-state index in [1.165, 1.54) is 11.3 Å². The van der Waals surface area contributed by atoms with Crippen LogP contribution < -0.4 is 10.1 Å². The van der Waals surface area contributed by atoms with E-state index in [-0.39, 0.29) is 23.8 Å². The highest BCUT2D eigenvalue weighted by atomic mass is 32.1. The van der Waals surface area contributed by atoms with Gasteiger partial charge in [0.2, 0.25) is 11.0 Å². The third-order valence-corrected chi connectivity index (χ3v) is 5.84. The summed E-state index contributed by atoms with van der Waals surface area (Å²) < 4.78 is 11.3. The minimum Gasteiger partial charge on any atom is -0.491 e. The highest BCUT2D eigenvalue weighted by Crippen LogP contribution is 2.22. The van der Waals surface area contributed by atoms with E-state index in [2.05, 4.69) is 15.5 Å². The smallest absolute Gasteiger partial charge is 0.253 e. The van der Waals surface area contributed by atoms with E-state index in [4.69, 9.17) is 9.47 Å². The molecule has 29 heavy (non-hydrogen) atoms. The summed E-state index contributed by atoms with van der Waals surface area (Å²) in [7, 11) is 0. The molecule has 2 saturated heterocycles. The summed E-state index contributed by atoms with van der Waals surface area (Å²) >= 11 is 1.28. The predicted molar refractivity (Wildman–Crippen MR) is 108 cm³/mol. The second-order valence-corrected chi connectivity index (χ2v) is 8.13. The first-order valence-corrected chi connectivity index (χ1v) is 10.8. The SMILES string of the molecule is O=C(Nc1nncs1)[C@H]1CCCN(C(=O)c2ccc(OC[C@H]3CCCO3)cc2)C1. The van der Waals surface area contributed by atoms with Crippen LogP contribution in [0.1, 0.15) is 36.0 Å². The number of carbonyl (C=O) groups excluding carboxylic acids is 2. The summed E-state index contributed by atoms with van der Waals surface area (Å²) in [6.07, 6.45) is 3.82. The topological polar surface area (TPSA) is 93.7 Å². The quantitative estimate of drug-likeness (QED) is 0.778. The second kappa shape index (κ2) is 9.32. The van der Waals surface area contributed by atoms with Gasteiger partial charge in [-0.15, -0.1) is 10.2 Å². The molecule has 2 aromatic rings. The molecule has 2 aliphatic rings. The van der Waals surface area contributed by atoms with Crippen LogP contribution in [-0.4, -0.2) is 59.3 Å². The van der Waals surface area contributed by atoms with Gasteiger partial charge < -0.3 is 19.7 Å². The number of aromatic nitrogens is 2. The number of nitrogens with one attached hydrogen (secondary N) is 1. The van der Waals surface area contributed by atoms with E-state index in [0.29, 0.717) is 30.4 Å². The van der Waals surface area contributed by atoms with Crippen LogP contribution in [0, 0.1) is 5.92 Å². The molecule has 0 spiro atoms. The lowest BCUT2D eigenvalue weighted by molar-refractivity contribution is -0.121. The third kappa shape index (κ3) is 5.10. The van der Waals surface area contributed by atoms with Crippen LogP contribution in [0.4, 0.5) is 5.13 Å². The Morgan fingerprint density at radius 1 is 1.24 bits per heavy atom. The number of hydrogen-bond donors (Lipinski definition) is 1. The summed E-state index contributed by atoms with van der Waals surface area (Å²) in [5.41, 5.74) is 2.17. The van der Waals surface area contributed by atoms with Crippen molar-refractivity contribution in [2.45, 2.75) is 31.8 Å². The van der Waals surface area contributed by atoms with Crippen LogP contribution >= 0.6 is 11.3 Å². The van der Waals surface area contributed by atoms with Gasteiger partial charge >= 0.3 is 0 Å². The number of hydrogen-bond acceptors (Lipinski definition) is 7. The molecule has 8 nitrogen and oxygen atoms in total. The zero-order valence-corrected chi connectivity index (χ0v) is 16.9. The van der Waals surface area contributed by atoms with Crippen molar-refractivity contribution in [1.29, 1.82) is 0 Å². The van der Waals surface area contributed by atoms with E-state index in [1.807, 2.05) is 12.1 Å². The Labute approximate surface area is 173 Å². The lowest BCUT2D eigenvalue weighted by Crippen LogP contribution is -2.43. The van der Waals surface area contributed by atoms with Crippen molar-refractivity contribution in [3.8, 4) is 5.75 Å². The van der Waals surface area contributed by atoms with Crippen LogP contribution in [0.15, 0.2) is 29.8 Å². The first-order valence-electron chi connectivity index (χ1n) is 9.90. The Balaban J connectivity index is 1.31. The summed E-state index contributed by atoms with van der Waals surface area (Å²) in [5, 5.41) is 10.8. The third-order valence-electron chi connectivity index (χ3n) is 5.23. The molecule has 0 radical (unpaired) electrons. The normalized spacial score (nSPS) is 21.7. The molecule has 2 aliphatic heterocycles. The Bertz CT molecular complexity index is 822. The van der Waals surface area contributed by atoms with Gasteiger partial charge in [0.15, 0.2) is 0 Å².